The molecule has 32 heavy (non-hydrogen) atoms. The second-order valence-electron chi connectivity index (χ2n) is 7.66. The zero-order chi connectivity index (χ0) is 22.3. The number of aromatic nitrogens is 2. The van der Waals surface area contributed by atoms with Gasteiger partial charge in [-0.05, 0) is 41.8 Å². The summed E-state index contributed by atoms with van der Waals surface area (Å²) in [6.07, 6.45) is -0.487. The predicted octanol–water partition coefficient (Wildman–Crippen LogP) is 1.82. The van der Waals surface area contributed by atoms with Crippen molar-refractivity contribution in [3.63, 3.8) is 0 Å². The van der Waals surface area contributed by atoms with Crippen molar-refractivity contribution in [1.82, 2.24) is 31.5 Å². The number of para-hydroxylation sites is 2. The van der Waals surface area contributed by atoms with Crippen molar-refractivity contribution < 1.29 is 8.42 Å². The first kappa shape index (κ1) is 20.8. The zero-order valence-corrected chi connectivity index (χ0v) is 18.1. The van der Waals surface area contributed by atoms with E-state index >= 15 is 0 Å². The Labute approximate surface area is 185 Å². The van der Waals surface area contributed by atoms with Gasteiger partial charge in [0.1, 0.15) is 12.0 Å². The lowest BCUT2D eigenvalue weighted by Crippen LogP contribution is -2.33. The molecule has 0 amide bonds. The van der Waals surface area contributed by atoms with Gasteiger partial charge in [-0.3, -0.25) is 0 Å². The lowest BCUT2D eigenvalue weighted by Gasteiger charge is -2.19. The Bertz CT molecular complexity index is 1390. The highest BCUT2D eigenvalue weighted by atomic mass is 32.2. The van der Waals surface area contributed by atoms with Crippen molar-refractivity contribution in [2.75, 3.05) is 0 Å². The summed E-state index contributed by atoms with van der Waals surface area (Å²) >= 11 is 0. The molecule has 1 aromatic heterocycles. The average molecular weight is 450 g/mol. The van der Waals surface area contributed by atoms with Crippen molar-refractivity contribution in [2.45, 2.75) is 24.5 Å². The average Bonchev–Trinajstić information content (AvgIpc) is 3.42. The standard InChI is InChI=1S/C22H23N7O2S/c1-14-24-18-6-2-3-7-19(18)29(14)13-15-9-11-16(12-10-15)17-5-4-8-20(32(23,30)31)21(17)22-25-27-28-26-22/h2-12,22,25-28H,13H2,1H3,(H2,23,30,31). The molecular formula is C22H23N7O2S. The summed E-state index contributed by atoms with van der Waals surface area (Å²) in [6, 6.07) is 21.2. The number of primary sulfonamides is 1. The minimum atomic E-state index is -3.92. The van der Waals surface area contributed by atoms with Crippen molar-refractivity contribution in [1.29, 1.82) is 0 Å². The molecule has 9 nitrogen and oxygen atoms in total. The molecule has 3 aromatic carbocycles. The second-order valence-corrected chi connectivity index (χ2v) is 9.19. The van der Waals surface area contributed by atoms with Crippen molar-refractivity contribution >= 4 is 21.1 Å². The first-order chi connectivity index (χ1) is 15.4. The van der Waals surface area contributed by atoms with Gasteiger partial charge in [-0.2, -0.15) is 11.1 Å². The van der Waals surface area contributed by atoms with Crippen molar-refractivity contribution in [2.24, 2.45) is 5.14 Å². The minimum Gasteiger partial charge on any atom is -0.324 e. The smallest absolute Gasteiger partial charge is 0.238 e. The number of nitrogens with two attached hydrogens (primary N) is 1. The lowest BCUT2D eigenvalue weighted by molar-refractivity contribution is 0.540. The second kappa shape index (κ2) is 8.10. The van der Waals surface area contributed by atoms with Crippen LogP contribution in [0.2, 0.25) is 0 Å². The fourth-order valence-electron chi connectivity index (χ4n) is 4.11. The van der Waals surface area contributed by atoms with Crippen LogP contribution in [-0.4, -0.2) is 18.0 Å². The maximum Gasteiger partial charge on any atom is 0.238 e. The third-order valence-electron chi connectivity index (χ3n) is 5.61. The molecule has 164 valence electrons. The summed E-state index contributed by atoms with van der Waals surface area (Å²) in [5, 5.41) is 5.50. The number of imidazole rings is 1. The van der Waals surface area contributed by atoms with Crippen LogP contribution < -0.4 is 27.1 Å². The van der Waals surface area contributed by atoms with E-state index in [9.17, 15) is 8.42 Å². The summed E-state index contributed by atoms with van der Waals surface area (Å²) < 4.78 is 26.7. The molecule has 1 aliphatic heterocycles. The Morgan fingerprint density at radius 2 is 1.69 bits per heavy atom. The number of nitrogens with zero attached hydrogens (tertiary/aromatic N) is 2. The van der Waals surface area contributed by atoms with Crippen LogP contribution in [0.25, 0.3) is 22.2 Å². The molecule has 0 unspecified atom stereocenters. The van der Waals surface area contributed by atoms with Crippen LogP contribution in [0.4, 0.5) is 0 Å². The summed E-state index contributed by atoms with van der Waals surface area (Å²) in [6.45, 7) is 2.69. The normalized spacial score (nSPS) is 14.9. The number of benzene rings is 3. The van der Waals surface area contributed by atoms with E-state index < -0.39 is 16.2 Å². The van der Waals surface area contributed by atoms with E-state index in [0.29, 0.717) is 12.1 Å². The summed E-state index contributed by atoms with van der Waals surface area (Å²) in [7, 11) is -3.92. The number of fused-ring (bicyclic) bond motifs is 1. The largest absolute Gasteiger partial charge is 0.324 e. The molecule has 0 atom stereocenters. The number of nitrogens with one attached hydrogen (secondary N) is 4. The Balaban J connectivity index is 1.52. The first-order valence-corrected chi connectivity index (χ1v) is 11.6. The van der Waals surface area contributed by atoms with Gasteiger partial charge in [0.2, 0.25) is 10.0 Å². The molecule has 6 N–H and O–H groups in total. The number of hydrazine groups is 3. The zero-order valence-electron chi connectivity index (χ0n) is 17.3. The van der Waals surface area contributed by atoms with E-state index in [4.69, 9.17) is 5.14 Å². The summed E-state index contributed by atoms with van der Waals surface area (Å²) in [5.41, 5.74) is 16.7. The fraction of sp³-hybridized carbons (Fsp3) is 0.136. The minimum absolute atomic E-state index is 0.0649. The first-order valence-electron chi connectivity index (χ1n) is 10.1. The van der Waals surface area contributed by atoms with Crippen LogP contribution in [0.1, 0.15) is 23.1 Å². The van der Waals surface area contributed by atoms with Gasteiger partial charge >= 0.3 is 0 Å². The van der Waals surface area contributed by atoms with Crippen LogP contribution in [-0.2, 0) is 16.6 Å². The molecule has 2 heterocycles. The molecule has 5 rings (SSSR count). The van der Waals surface area contributed by atoms with E-state index in [1.807, 2.05) is 55.5 Å². The Hall–Kier alpha value is -3.12. The maximum atomic E-state index is 12.2. The van der Waals surface area contributed by atoms with Gasteiger partial charge in [0.25, 0.3) is 0 Å². The highest BCUT2D eigenvalue weighted by Crippen LogP contribution is 2.33. The van der Waals surface area contributed by atoms with Gasteiger partial charge in [0.15, 0.2) is 0 Å². The highest BCUT2D eigenvalue weighted by Gasteiger charge is 2.26. The van der Waals surface area contributed by atoms with Crippen LogP contribution in [0.15, 0.2) is 71.6 Å². The number of aryl methyl sites for hydroxylation is 1. The summed E-state index contributed by atoms with van der Waals surface area (Å²) in [4.78, 5) is 4.70. The van der Waals surface area contributed by atoms with E-state index in [-0.39, 0.29) is 4.90 Å². The Kier molecular flexibility index (Phi) is 5.25. The monoisotopic (exact) mass is 449 g/mol. The number of sulfonamides is 1. The van der Waals surface area contributed by atoms with Crippen LogP contribution in [0.5, 0.6) is 0 Å². The van der Waals surface area contributed by atoms with Crippen LogP contribution in [0, 0.1) is 6.92 Å². The van der Waals surface area contributed by atoms with Crippen molar-refractivity contribution in [3.8, 4) is 11.1 Å². The van der Waals surface area contributed by atoms with Gasteiger partial charge in [0, 0.05) is 12.1 Å². The van der Waals surface area contributed by atoms with Crippen molar-refractivity contribution in [3.05, 3.63) is 83.7 Å². The molecule has 1 fully saturated rings. The van der Waals surface area contributed by atoms with Gasteiger partial charge in [-0.25, -0.2) is 29.4 Å². The molecule has 10 heteroatoms. The van der Waals surface area contributed by atoms with Crippen LogP contribution >= 0.6 is 0 Å². The number of rotatable bonds is 5. The quantitative estimate of drug-likeness (QED) is 0.315. The molecule has 0 radical (unpaired) electrons. The van der Waals surface area contributed by atoms with E-state index in [1.54, 1.807) is 6.07 Å². The molecule has 4 aromatic rings. The van der Waals surface area contributed by atoms with Gasteiger partial charge in [0.05, 0.1) is 15.9 Å². The molecule has 0 spiro atoms. The van der Waals surface area contributed by atoms with Gasteiger partial charge in [-0.1, -0.05) is 48.5 Å². The van der Waals surface area contributed by atoms with E-state index in [0.717, 1.165) is 33.5 Å². The number of hydrogen-bond donors (Lipinski definition) is 5. The third-order valence-corrected chi connectivity index (χ3v) is 6.58. The summed E-state index contributed by atoms with van der Waals surface area (Å²) in [5.74, 6) is 0.955. The topological polar surface area (TPSA) is 126 Å². The highest BCUT2D eigenvalue weighted by molar-refractivity contribution is 7.89. The van der Waals surface area contributed by atoms with Gasteiger partial charge < -0.3 is 4.57 Å². The molecule has 0 aliphatic carbocycles. The molecular weight excluding hydrogens is 426 g/mol. The lowest BCUT2D eigenvalue weighted by atomic mass is 9.97. The van der Waals surface area contributed by atoms with E-state index in [1.165, 1.54) is 6.07 Å². The molecule has 0 saturated carbocycles. The van der Waals surface area contributed by atoms with E-state index in [2.05, 4.69) is 37.5 Å². The Morgan fingerprint density at radius 3 is 2.41 bits per heavy atom. The van der Waals surface area contributed by atoms with Crippen LogP contribution in [0.3, 0.4) is 0 Å². The predicted molar refractivity (Wildman–Crippen MR) is 122 cm³/mol. The molecule has 0 bridgehead atoms. The fourth-order valence-corrected chi connectivity index (χ4v) is 4.91. The molecule has 1 aliphatic rings. The van der Waals surface area contributed by atoms with Gasteiger partial charge in [-0.15, -0.1) is 0 Å². The SMILES string of the molecule is Cc1nc2ccccc2n1Cc1ccc(-c2cccc(S(N)(=O)=O)c2C2NNNN2)cc1. The molecule has 1 saturated heterocycles. The number of hydrogen-bond acceptors (Lipinski definition) is 7. The Morgan fingerprint density at radius 1 is 0.969 bits per heavy atom. The maximum absolute atomic E-state index is 12.2. The third kappa shape index (κ3) is 3.79.